The van der Waals surface area contributed by atoms with E-state index in [2.05, 4.69) is 11.9 Å². The number of fused-ring (bicyclic) bond motifs is 1. The Bertz CT molecular complexity index is 1010. The smallest absolute Gasteiger partial charge is 0.355 e. The first kappa shape index (κ1) is 21.4. The molecule has 0 fully saturated rings. The third kappa shape index (κ3) is 4.01. The van der Waals surface area contributed by atoms with E-state index in [0.29, 0.717) is 35.1 Å². The van der Waals surface area contributed by atoms with E-state index in [1.165, 1.54) is 0 Å². The van der Waals surface area contributed by atoms with Crippen LogP contribution in [0.15, 0.2) is 30.3 Å². The van der Waals surface area contributed by atoms with E-state index < -0.39 is 5.97 Å². The van der Waals surface area contributed by atoms with E-state index in [-0.39, 0.29) is 6.61 Å². The van der Waals surface area contributed by atoms with Crippen molar-refractivity contribution in [2.45, 2.75) is 20.3 Å². The first-order valence-electron chi connectivity index (χ1n) is 9.83. The van der Waals surface area contributed by atoms with Crippen LogP contribution in [-0.2, 0) is 4.74 Å². The van der Waals surface area contributed by atoms with Gasteiger partial charge in [0.2, 0.25) is 5.75 Å². The zero-order valence-electron chi connectivity index (χ0n) is 18.0. The molecular formula is C23H27NO6. The summed E-state index contributed by atoms with van der Waals surface area (Å²) in [5, 5.41) is 0.834. The Morgan fingerprint density at radius 2 is 1.67 bits per heavy atom. The van der Waals surface area contributed by atoms with E-state index in [0.717, 1.165) is 28.6 Å². The largest absolute Gasteiger partial charge is 0.494 e. The quantitative estimate of drug-likeness (QED) is 0.507. The lowest BCUT2D eigenvalue weighted by atomic mass is 10.0. The van der Waals surface area contributed by atoms with Crippen LogP contribution >= 0.6 is 0 Å². The molecule has 3 rings (SSSR count). The van der Waals surface area contributed by atoms with Gasteiger partial charge >= 0.3 is 5.97 Å². The van der Waals surface area contributed by atoms with Crippen molar-refractivity contribution in [1.29, 1.82) is 0 Å². The summed E-state index contributed by atoms with van der Waals surface area (Å²) in [5.41, 5.74) is 2.57. The summed E-state index contributed by atoms with van der Waals surface area (Å²) in [5.74, 6) is 1.76. The van der Waals surface area contributed by atoms with Gasteiger partial charge in [-0.05, 0) is 49.2 Å². The number of aromatic amines is 1. The molecule has 0 spiro atoms. The van der Waals surface area contributed by atoms with E-state index in [1.807, 2.05) is 30.3 Å². The lowest BCUT2D eigenvalue weighted by Crippen LogP contribution is -2.06. The van der Waals surface area contributed by atoms with Gasteiger partial charge in [0.1, 0.15) is 11.4 Å². The second-order valence-corrected chi connectivity index (χ2v) is 6.57. The Labute approximate surface area is 175 Å². The highest BCUT2D eigenvalue weighted by atomic mass is 16.5. The third-order valence-corrected chi connectivity index (χ3v) is 4.68. The maximum Gasteiger partial charge on any atom is 0.355 e. The summed E-state index contributed by atoms with van der Waals surface area (Å²) < 4.78 is 27.5. The highest BCUT2D eigenvalue weighted by molar-refractivity contribution is 6.08. The van der Waals surface area contributed by atoms with Crippen LogP contribution in [-0.4, -0.2) is 45.5 Å². The van der Waals surface area contributed by atoms with Crippen LogP contribution in [0.2, 0.25) is 0 Å². The number of aromatic nitrogens is 1. The number of benzene rings is 2. The van der Waals surface area contributed by atoms with Gasteiger partial charge in [-0.1, -0.05) is 6.92 Å². The maximum atomic E-state index is 12.7. The molecule has 0 aliphatic heterocycles. The number of nitrogens with one attached hydrogen (secondary N) is 1. The monoisotopic (exact) mass is 413 g/mol. The molecular weight excluding hydrogens is 386 g/mol. The normalized spacial score (nSPS) is 10.7. The van der Waals surface area contributed by atoms with Crippen LogP contribution in [0, 0.1) is 0 Å². The summed E-state index contributed by atoms with van der Waals surface area (Å²) in [4.78, 5) is 15.9. The van der Waals surface area contributed by atoms with Crippen molar-refractivity contribution in [1.82, 2.24) is 4.98 Å². The summed E-state index contributed by atoms with van der Waals surface area (Å²) >= 11 is 0. The fourth-order valence-corrected chi connectivity index (χ4v) is 3.36. The SMILES string of the molecule is CCCOc1ccc2[nH]c(C(=O)OCC)c(-c3cc(OC)c(OC)c(OC)c3)c2c1. The van der Waals surface area contributed by atoms with Gasteiger partial charge in [-0.15, -0.1) is 0 Å². The molecule has 1 N–H and O–H groups in total. The highest BCUT2D eigenvalue weighted by Gasteiger charge is 2.23. The molecule has 0 aliphatic carbocycles. The average molecular weight is 413 g/mol. The molecule has 0 radical (unpaired) electrons. The van der Waals surface area contributed by atoms with Gasteiger partial charge in [0.05, 0.1) is 34.5 Å². The van der Waals surface area contributed by atoms with Gasteiger partial charge in [0.25, 0.3) is 0 Å². The van der Waals surface area contributed by atoms with Gasteiger partial charge in [0, 0.05) is 16.5 Å². The second kappa shape index (κ2) is 9.43. The van der Waals surface area contributed by atoms with Crippen molar-refractivity contribution < 1.29 is 28.5 Å². The molecule has 0 aliphatic rings. The van der Waals surface area contributed by atoms with Crippen molar-refractivity contribution in [2.75, 3.05) is 34.5 Å². The zero-order valence-corrected chi connectivity index (χ0v) is 18.0. The standard InChI is InChI=1S/C23H27NO6/c1-6-10-30-15-8-9-17-16(13-15)20(21(24-17)23(25)29-7-2)14-11-18(26-3)22(28-5)19(12-14)27-4/h8-9,11-13,24H,6-7,10H2,1-5H3. The molecule has 1 heterocycles. The molecule has 1 aromatic heterocycles. The predicted molar refractivity (Wildman–Crippen MR) is 115 cm³/mol. The van der Waals surface area contributed by atoms with E-state index >= 15 is 0 Å². The van der Waals surface area contributed by atoms with Gasteiger partial charge < -0.3 is 28.7 Å². The Hall–Kier alpha value is -3.35. The van der Waals surface area contributed by atoms with Crippen molar-refractivity contribution in [3.05, 3.63) is 36.0 Å². The Balaban J connectivity index is 2.28. The summed E-state index contributed by atoms with van der Waals surface area (Å²) in [7, 11) is 4.66. The third-order valence-electron chi connectivity index (χ3n) is 4.68. The average Bonchev–Trinajstić information content (AvgIpc) is 3.15. The molecule has 0 amide bonds. The predicted octanol–water partition coefficient (Wildman–Crippen LogP) is 4.83. The Morgan fingerprint density at radius 1 is 0.967 bits per heavy atom. The van der Waals surface area contributed by atoms with Crippen molar-refractivity contribution in [3.8, 4) is 34.1 Å². The fraction of sp³-hybridized carbons (Fsp3) is 0.348. The van der Waals surface area contributed by atoms with Crippen LogP contribution in [0.1, 0.15) is 30.8 Å². The van der Waals surface area contributed by atoms with E-state index in [9.17, 15) is 4.79 Å². The van der Waals surface area contributed by atoms with Crippen LogP contribution < -0.4 is 18.9 Å². The molecule has 30 heavy (non-hydrogen) atoms. The molecule has 7 heteroatoms. The molecule has 0 atom stereocenters. The highest BCUT2D eigenvalue weighted by Crippen LogP contribution is 2.44. The Morgan fingerprint density at radius 3 is 2.23 bits per heavy atom. The van der Waals surface area contributed by atoms with Crippen LogP contribution in [0.4, 0.5) is 0 Å². The fourth-order valence-electron chi connectivity index (χ4n) is 3.36. The van der Waals surface area contributed by atoms with Gasteiger partial charge in [-0.25, -0.2) is 4.79 Å². The lowest BCUT2D eigenvalue weighted by molar-refractivity contribution is 0.0521. The lowest BCUT2D eigenvalue weighted by Gasteiger charge is -2.15. The first-order chi connectivity index (χ1) is 14.6. The molecule has 3 aromatic rings. The molecule has 160 valence electrons. The van der Waals surface area contributed by atoms with E-state index in [1.54, 1.807) is 28.3 Å². The minimum absolute atomic E-state index is 0.272. The molecule has 2 aromatic carbocycles. The van der Waals surface area contributed by atoms with Gasteiger partial charge in [-0.2, -0.15) is 0 Å². The number of carbonyl (C=O) groups is 1. The van der Waals surface area contributed by atoms with Crippen LogP contribution in [0.3, 0.4) is 0 Å². The summed E-state index contributed by atoms with van der Waals surface area (Å²) in [6.45, 7) is 4.71. The number of H-pyrrole nitrogens is 1. The maximum absolute atomic E-state index is 12.7. The molecule has 7 nitrogen and oxygen atoms in total. The number of ether oxygens (including phenoxy) is 5. The van der Waals surface area contributed by atoms with E-state index in [4.69, 9.17) is 23.7 Å². The second-order valence-electron chi connectivity index (χ2n) is 6.57. The van der Waals surface area contributed by atoms with Crippen molar-refractivity contribution in [3.63, 3.8) is 0 Å². The Kier molecular flexibility index (Phi) is 6.72. The van der Waals surface area contributed by atoms with Crippen molar-refractivity contribution in [2.24, 2.45) is 0 Å². The zero-order chi connectivity index (χ0) is 21.7. The van der Waals surface area contributed by atoms with Crippen LogP contribution in [0.25, 0.3) is 22.0 Å². The van der Waals surface area contributed by atoms with Crippen LogP contribution in [0.5, 0.6) is 23.0 Å². The number of methoxy groups -OCH3 is 3. The minimum Gasteiger partial charge on any atom is -0.494 e. The number of hydrogen-bond acceptors (Lipinski definition) is 6. The molecule has 0 unspecified atom stereocenters. The van der Waals surface area contributed by atoms with Gasteiger partial charge in [0.15, 0.2) is 11.5 Å². The molecule has 0 bridgehead atoms. The van der Waals surface area contributed by atoms with Gasteiger partial charge in [-0.3, -0.25) is 0 Å². The topological polar surface area (TPSA) is 79.0 Å². The summed E-state index contributed by atoms with van der Waals surface area (Å²) in [6.07, 6.45) is 0.902. The number of rotatable bonds is 9. The first-order valence-corrected chi connectivity index (χ1v) is 9.83. The molecule has 0 saturated carbocycles. The minimum atomic E-state index is -0.437. The summed E-state index contributed by atoms with van der Waals surface area (Å²) in [6, 6.07) is 9.31. The number of carbonyl (C=O) groups excluding carboxylic acids is 1. The number of hydrogen-bond donors (Lipinski definition) is 1. The number of esters is 1. The van der Waals surface area contributed by atoms with Crippen molar-refractivity contribution >= 4 is 16.9 Å². The molecule has 0 saturated heterocycles.